The highest BCUT2D eigenvalue weighted by Gasteiger charge is 2.06. The molecule has 0 aliphatic heterocycles. The highest BCUT2D eigenvalue weighted by molar-refractivity contribution is 5.91. The molecule has 100 valence electrons. The zero-order valence-corrected chi connectivity index (χ0v) is 10.7. The van der Waals surface area contributed by atoms with Crippen LogP contribution in [0.3, 0.4) is 0 Å². The van der Waals surface area contributed by atoms with Crippen molar-refractivity contribution in [1.82, 2.24) is 4.98 Å². The van der Waals surface area contributed by atoms with E-state index in [1.807, 2.05) is 30.3 Å². The normalized spacial score (nSPS) is 10.6. The van der Waals surface area contributed by atoms with E-state index in [1.54, 1.807) is 18.3 Å². The van der Waals surface area contributed by atoms with Crippen LogP contribution in [0.1, 0.15) is 5.56 Å². The number of fused-ring (bicyclic) bond motifs is 1. The van der Waals surface area contributed by atoms with E-state index in [2.05, 4.69) is 10.3 Å². The summed E-state index contributed by atoms with van der Waals surface area (Å²) in [5.41, 5.74) is 2.50. The molecule has 0 amide bonds. The Bertz CT molecular complexity index is 751. The van der Waals surface area contributed by atoms with Gasteiger partial charge in [-0.25, -0.2) is 0 Å². The summed E-state index contributed by atoms with van der Waals surface area (Å²) >= 11 is 0. The van der Waals surface area contributed by atoms with E-state index < -0.39 is 0 Å². The lowest BCUT2D eigenvalue weighted by atomic mass is 10.1. The van der Waals surface area contributed by atoms with Gasteiger partial charge in [-0.2, -0.15) is 0 Å². The minimum atomic E-state index is -0.108. The number of nitrogens with zero attached hydrogens (tertiary/aromatic N) is 1. The number of nitrogens with one attached hydrogen (secondary N) is 1. The third kappa shape index (κ3) is 2.23. The second-order valence-corrected chi connectivity index (χ2v) is 4.51. The van der Waals surface area contributed by atoms with Crippen molar-refractivity contribution in [2.45, 2.75) is 6.54 Å². The number of hydrogen-bond donors (Lipinski definition) is 3. The van der Waals surface area contributed by atoms with Gasteiger partial charge in [0, 0.05) is 29.4 Å². The van der Waals surface area contributed by atoms with Crippen LogP contribution in [-0.4, -0.2) is 15.2 Å². The Balaban J connectivity index is 1.89. The molecule has 4 nitrogen and oxygen atoms in total. The molecule has 0 spiro atoms. The number of pyridine rings is 1. The molecule has 1 aromatic heterocycles. The number of rotatable bonds is 3. The van der Waals surface area contributed by atoms with Crippen LogP contribution in [0.25, 0.3) is 10.9 Å². The summed E-state index contributed by atoms with van der Waals surface area (Å²) in [5, 5.41) is 23.6. The Morgan fingerprint density at radius 1 is 0.950 bits per heavy atom. The van der Waals surface area contributed by atoms with Gasteiger partial charge in [0.2, 0.25) is 0 Å². The molecule has 3 aromatic rings. The molecule has 3 N–H and O–H groups in total. The molecule has 20 heavy (non-hydrogen) atoms. The fourth-order valence-electron chi connectivity index (χ4n) is 2.17. The summed E-state index contributed by atoms with van der Waals surface area (Å²) in [6, 6.07) is 14.7. The zero-order valence-electron chi connectivity index (χ0n) is 10.7. The van der Waals surface area contributed by atoms with Gasteiger partial charge in [0.25, 0.3) is 0 Å². The van der Waals surface area contributed by atoms with Crippen LogP contribution in [-0.2, 0) is 6.54 Å². The van der Waals surface area contributed by atoms with E-state index in [9.17, 15) is 10.2 Å². The maximum absolute atomic E-state index is 9.79. The third-order valence-corrected chi connectivity index (χ3v) is 3.21. The number of phenols is 2. The second-order valence-electron chi connectivity index (χ2n) is 4.51. The molecule has 4 heteroatoms. The van der Waals surface area contributed by atoms with Crippen LogP contribution >= 0.6 is 0 Å². The number of para-hydroxylation sites is 1. The van der Waals surface area contributed by atoms with Gasteiger partial charge >= 0.3 is 0 Å². The summed E-state index contributed by atoms with van der Waals surface area (Å²) in [7, 11) is 0. The van der Waals surface area contributed by atoms with Crippen LogP contribution < -0.4 is 5.32 Å². The molecular weight excluding hydrogens is 252 g/mol. The van der Waals surface area contributed by atoms with Crippen molar-refractivity contribution >= 4 is 16.6 Å². The smallest absolute Gasteiger partial charge is 0.162 e. The van der Waals surface area contributed by atoms with E-state index in [1.165, 1.54) is 6.07 Å². The van der Waals surface area contributed by atoms with Crippen LogP contribution in [0.4, 0.5) is 5.69 Å². The highest BCUT2D eigenvalue weighted by atomic mass is 16.3. The maximum Gasteiger partial charge on any atom is 0.162 e. The molecular formula is C16H14N2O2. The molecule has 0 radical (unpaired) electrons. The Morgan fingerprint density at radius 3 is 2.70 bits per heavy atom. The summed E-state index contributed by atoms with van der Waals surface area (Å²) < 4.78 is 0. The molecule has 0 bridgehead atoms. The van der Waals surface area contributed by atoms with Crippen molar-refractivity contribution in [3.63, 3.8) is 0 Å². The number of benzene rings is 2. The van der Waals surface area contributed by atoms with Crippen LogP contribution in [0.2, 0.25) is 0 Å². The van der Waals surface area contributed by atoms with Crippen molar-refractivity contribution in [3.8, 4) is 11.5 Å². The topological polar surface area (TPSA) is 65.4 Å². The number of hydrogen-bond acceptors (Lipinski definition) is 4. The van der Waals surface area contributed by atoms with Gasteiger partial charge < -0.3 is 15.5 Å². The molecule has 1 heterocycles. The Labute approximate surface area is 116 Å². The Morgan fingerprint density at radius 2 is 1.80 bits per heavy atom. The molecule has 0 saturated heterocycles. The standard InChI is InChI=1S/C16H14N2O2/c19-15-8-1-4-11(16(15)20)10-18-14-7-2-6-13-12(14)5-3-9-17-13/h1-9,18-20H,10H2. The van der Waals surface area contributed by atoms with Crippen LogP contribution in [0.5, 0.6) is 11.5 Å². The first kappa shape index (κ1) is 12.3. The summed E-state index contributed by atoms with van der Waals surface area (Å²) in [4.78, 5) is 4.30. The fourth-order valence-corrected chi connectivity index (χ4v) is 2.17. The molecule has 2 aromatic carbocycles. The minimum Gasteiger partial charge on any atom is -0.504 e. The first-order valence-corrected chi connectivity index (χ1v) is 6.33. The number of aromatic hydroxyl groups is 2. The predicted molar refractivity (Wildman–Crippen MR) is 78.8 cm³/mol. The molecule has 0 saturated carbocycles. The summed E-state index contributed by atoms with van der Waals surface area (Å²) in [5.74, 6) is -0.192. The van der Waals surface area contributed by atoms with Gasteiger partial charge in [0.1, 0.15) is 0 Å². The molecule has 0 aliphatic carbocycles. The number of phenolic OH excluding ortho intramolecular Hbond substituents is 2. The van der Waals surface area contributed by atoms with Crippen molar-refractivity contribution in [3.05, 3.63) is 60.3 Å². The predicted octanol–water partition coefficient (Wildman–Crippen LogP) is 3.26. The lowest BCUT2D eigenvalue weighted by molar-refractivity contribution is 0.400. The van der Waals surface area contributed by atoms with Gasteiger partial charge in [0.05, 0.1) is 5.52 Å². The minimum absolute atomic E-state index is 0.0849. The van der Waals surface area contributed by atoms with Crippen molar-refractivity contribution in [2.24, 2.45) is 0 Å². The average Bonchev–Trinajstić information content (AvgIpc) is 2.49. The first-order valence-electron chi connectivity index (χ1n) is 6.33. The van der Waals surface area contributed by atoms with Gasteiger partial charge in [-0.3, -0.25) is 4.98 Å². The largest absolute Gasteiger partial charge is 0.504 e. The van der Waals surface area contributed by atoms with E-state index in [-0.39, 0.29) is 11.5 Å². The van der Waals surface area contributed by atoms with Crippen molar-refractivity contribution in [1.29, 1.82) is 0 Å². The SMILES string of the molecule is Oc1cccc(CNc2cccc3ncccc23)c1O. The number of anilines is 1. The van der Waals surface area contributed by atoms with Gasteiger partial charge in [-0.1, -0.05) is 18.2 Å². The molecule has 0 aliphatic rings. The summed E-state index contributed by atoms with van der Waals surface area (Å²) in [6.07, 6.45) is 1.76. The van der Waals surface area contributed by atoms with E-state index in [4.69, 9.17) is 0 Å². The molecule has 0 fully saturated rings. The van der Waals surface area contributed by atoms with E-state index >= 15 is 0 Å². The third-order valence-electron chi connectivity index (χ3n) is 3.21. The van der Waals surface area contributed by atoms with Crippen LogP contribution in [0.15, 0.2) is 54.7 Å². The quantitative estimate of drug-likeness (QED) is 0.637. The lowest BCUT2D eigenvalue weighted by Crippen LogP contribution is -2.00. The monoisotopic (exact) mass is 266 g/mol. The zero-order chi connectivity index (χ0) is 13.9. The van der Waals surface area contributed by atoms with E-state index in [0.717, 1.165) is 16.6 Å². The molecule has 0 atom stereocenters. The lowest BCUT2D eigenvalue weighted by Gasteiger charge is -2.11. The van der Waals surface area contributed by atoms with Crippen molar-refractivity contribution in [2.75, 3.05) is 5.32 Å². The highest BCUT2D eigenvalue weighted by Crippen LogP contribution is 2.29. The first-order chi connectivity index (χ1) is 9.75. The number of aromatic nitrogens is 1. The maximum atomic E-state index is 9.79. The van der Waals surface area contributed by atoms with Crippen LogP contribution in [0, 0.1) is 0 Å². The van der Waals surface area contributed by atoms with Gasteiger partial charge in [-0.15, -0.1) is 0 Å². The van der Waals surface area contributed by atoms with Gasteiger partial charge in [0.15, 0.2) is 11.5 Å². The fraction of sp³-hybridized carbons (Fsp3) is 0.0625. The Kier molecular flexibility index (Phi) is 3.13. The molecule has 3 rings (SSSR count). The summed E-state index contributed by atoms with van der Waals surface area (Å²) in [6.45, 7) is 0.425. The Hall–Kier alpha value is -2.75. The van der Waals surface area contributed by atoms with Crippen molar-refractivity contribution < 1.29 is 10.2 Å². The molecule has 0 unspecified atom stereocenters. The second kappa shape index (κ2) is 5.09. The van der Waals surface area contributed by atoms with E-state index in [0.29, 0.717) is 12.1 Å². The van der Waals surface area contributed by atoms with Gasteiger partial charge in [-0.05, 0) is 30.3 Å². The average molecular weight is 266 g/mol.